The third kappa shape index (κ3) is 4.32. The minimum Gasteiger partial charge on any atom is -0.495 e. The van der Waals surface area contributed by atoms with Crippen molar-refractivity contribution in [3.63, 3.8) is 0 Å². The number of hydrogen-bond donors (Lipinski definition) is 1. The minimum absolute atomic E-state index is 0.275. The van der Waals surface area contributed by atoms with Gasteiger partial charge in [-0.25, -0.2) is 4.79 Å². The molecule has 0 saturated carbocycles. The van der Waals surface area contributed by atoms with Crippen LogP contribution in [0.25, 0.3) is 0 Å². The van der Waals surface area contributed by atoms with Gasteiger partial charge in [-0.05, 0) is 42.8 Å². The molecule has 0 atom stereocenters. The summed E-state index contributed by atoms with van der Waals surface area (Å²) >= 11 is 0. The minimum atomic E-state index is -0.386. The van der Waals surface area contributed by atoms with Crippen molar-refractivity contribution in [2.45, 2.75) is 13.3 Å². The quantitative estimate of drug-likeness (QED) is 0.829. The van der Waals surface area contributed by atoms with Gasteiger partial charge in [-0.2, -0.15) is 0 Å². The summed E-state index contributed by atoms with van der Waals surface area (Å²) < 4.78 is 10.2. The van der Waals surface area contributed by atoms with Gasteiger partial charge in [0.1, 0.15) is 5.75 Å². The number of carbonyl (C=O) groups is 2. The summed E-state index contributed by atoms with van der Waals surface area (Å²) in [6.07, 6.45) is 0.769. The van der Waals surface area contributed by atoms with E-state index in [1.807, 2.05) is 19.1 Å². The van der Waals surface area contributed by atoms with E-state index in [4.69, 9.17) is 9.47 Å². The summed E-state index contributed by atoms with van der Waals surface area (Å²) in [6.45, 7) is 2.31. The molecule has 1 amide bonds. The topological polar surface area (TPSA) is 64.6 Å². The molecule has 0 aliphatic carbocycles. The smallest absolute Gasteiger partial charge is 0.338 e. The summed E-state index contributed by atoms with van der Waals surface area (Å²) in [5.41, 5.74) is 1.46. The fourth-order valence-corrected chi connectivity index (χ4v) is 1.98. The fraction of sp³-hybridized carbons (Fsp3) is 0.222. The molecule has 0 saturated heterocycles. The van der Waals surface area contributed by atoms with Crippen molar-refractivity contribution >= 4 is 17.6 Å². The van der Waals surface area contributed by atoms with E-state index in [9.17, 15) is 9.59 Å². The molecule has 2 rings (SSSR count). The summed E-state index contributed by atoms with van der Waals surface area (Å²) in [4.78, 5) is 24.0. The molecule has 0 aromatic heterocycles. The number of amides is 1. The van der Waals surface area contributed by atoms with Gasteiger partial charge in [-0.15, -0.1) is 0 Å². The number of carbonyl (C=O) groups excluding carboxylic acids is 2. The fourth-order valence-electron chi connectivity index (χ4n) is 1.98. The lowest BCUT2D eigenvalue weighted by Crippen LogP contribution is -2.13. The molecule has 0 spiro atoms. The Morgan fingerprint density at radius 3 is 2.30 bits per heavy atom. The Balaban J connectivity index is 2.07. The lowest BCUT2D eigenvalue weighted by molar-refractivity contribution is 0.0505. The van der Waals surface area contributed by atoms with Crippen LogP contribution < -0.4 is 10.1 Å². The Labute approximate surface area is 135 Å². The number of anilines is 1. The lowest BCUT2D eigenvalue weighted by atomic mass is 10.1. The molecule has 0 aliphatic rings. The van der Waals surface area contributed by atoms with Crippen molar-refractivity contribution in [2.75, 3.05) is 19.0 Å². The van der Waals surface area contributed by atoms with Crippen molar-refractivity contribution in [1.82, 2.24) is 0 Å². The number of methoxy groups -OCH3 is 1. The number of rotatable bonds is 6. The van der Waals surface area contributed by atoms with Gasteiger partial charge in [0.05, 0.1) is 25.0 Å². The first-order chi connectivity index (χ1) is 11.2. The number of ether oxygens (including phenoxy) is 2. The van der Waals surface area contributed by atoms with Gasteiger partial charge in [0, 0.05) is 5.56 Å². The molecule has 0 radical (unpaired) electrons. The van der Waals surface area contributed by atoms with E-state index in [0.717, 1.165) is 6.42 Å². The summed E-state index contributed by atoms with van der Waals surface area (Å²) in [5.74, 6) is -0.0767. The zero-order valence-corrected chi connectivity index (χ0v) is 13.2. The van der Waals surface area contributed by atoms with Crippen molar-refractivity contribution in [1.29, 1.82) is 0 Å². The number of hydrogen-bond acceptors (Lipinski definition) is 4. The number of para-hydroxylation sites is 2. The Morgan fingerprint density at radius 1 is 1.00 bits per heavy atom. The average molecular weight is 313 g/mol. The molecular formula is C18H19NO4. The second-order valence-electron chi connectivity index (χ2n) is 4.87. The predicted molar refractivity (Wildman–Crippen MR) is 88.0 cm³/mol. The van der Waals surface area contributed by atoms with Crippen LogP contribution in [0.2, 0.25) is 0 Å². The van der Waals surface area contributed by atoms with Crippen molar-refractivity contribution in [2.24, 2.45) is 0 Å². The zero-order chi connectivity index (χ0) is 16.7. The van der Waals surface area contributed by atoms with Crippen LogP contribution in [0.3, 0.4) is 0 Å². The van der Waals surface area contributed by atoms with E-state index in [2.05, 4.69) is 5.32 Å². The highest BCUT2D eigenvalue weighted by atomic mass is 16.5. The maximum absolute atomic E-state index is 12.3. The largest absolute Gasteiger partial charge is 0.495 e. The molecule has 120 valence electrons. The highest BCUT2D eigenvalue weighted by Crippen LogP contribution is 2.23. The normalized spacial score (nSPS) is 10.0. The third-order valence-electron chi connectivity index (χ3n) is 3.18. The molecule has 0 unspecified atom stereocenters. The predicted octanol–water partition coefficient (Wildman–Crippen LogP) is 3.51. The number of benzene rings is 2. The molecule has 2 aromatic rings. The van der Waals surface area contributed by atoms with Gasteiger partial charge in [0.15, 0.2) is 0 Å². The van der Waals surface area contributed by atoms with Gasteiger partial charge >= 0.3 is 5.97 Å². The van der Waals surface area contributed by atoms with E-state index in [-0.39, 0.29) is 11.9 Å². The van der Waals surface area contributed by atoms with E-state index < -0.39 is 0 Å². The van der Waals surface area contributed by atoms with Crippen LogP contribution in [0.5, 0.6) is 5.75 Å². The number of esters is 1. The van der Waals surface area contributed by atoms with Crippen molar-refractivity contribution < 1.29 is 19.1 Å². The highest BCUT2D eigenvalue weighted by molar-refractivity contribution is 6.05. The second-order valence-corrected chi connectivity index (χ2v) is 4.87. The standard InChI is InChI=1S/C18H19NO4/c1-3-12-23-18(21)14-10-8-13(9-11-14)17(20)19-15-6-4-5-7-16(15)22-2/h4-11H,3,12H2,1-2H3,(H,19,20). The first-order valence-corrected chi connectivity index (χ1v) is 7.37. The van der Waals surface area contributed by atoms with Crippen LogP contribution in [0.1, 0.15) is 34.1 Å². The summed E-state index contributed by atoms with van der Waals surface area (Å²) in [5, 5.41) is 2.78. The Morgan fingerprint density at radius 2 is 1.65 bits per heavy atom. The maximum Gasteiger partial charge on any atom is 0.338 e. The lowest BCUT2D eigenvalue weighted by Gasteiger charge is -2.10. The molecule has 5 heteroatoms. The van der Waals surface area contributed by atoms with E-state index in [1.165, 1.54) is 0 Å². The Bertz CT molecular complexity index is 680. The van der Waals surface area contributed by atoms with Crippen LogP contribution in [0.4, 0.5) is 5.69 Å². The molecule has 23 heavy (non-hydrogen) atoms. The van der Waals surface area contributed by atoms with Gasteiger partial charge in [0.25, 0.3) is 5.91 Å². The van der Waals surface area contributed by atoms with Crippen LogP contribution in [-0.2, 0) is 4.74 Å². The Hall–Kier alpha value is -2.82. The first-order valence-electron chi connectivity index (χ1n) is 7.37. The SMILES string of the molecule is CCCOC(=O)c1ccc(C(=O)Nc2ccccc2OC)cc1. The molecule has 5 nitrogen and oxygen atoms in total. The van der Waals surface area contributed by atoms with Crippen LogP contribution in [0, 0.1) is 0 Å². The molecule has 0 aliphatic heterocycles. The van der Waals surface area contributed by atoms with Crippen molar-refractivity contribution in [3.05, 3.63) is 59.7 Å². The molecule has 1 N–H and O–H groups in total. The average Bonchev–Trinajstić information content (AvgIpc) is 2.60. The van der Waals surface area contributed by atoms with Gasteiger partial charge in [-0.3, -0.25) is 4.79 Å². The van der Waals surface area contributed by atoms with Crippen LogP contribution in [-0.4, -0.2) is 25.6 Å². The van der Waals surface area contributed by atoms with Crippen molar-refractivity contribution in [3.8, 4) is 5.75 Å². The molecule has 0 fully saturated rings. The summed E-state index contributed by atoms with van der Waals surface area (Å²) in [6, 6.07) is 13.5. The van der Waals surface area contributed by atoms with Gasteiger partial charge < -0.3 is 14.8 Å². The van der Waals surface area contributed by atoms with E-state index in [0.29, 0.717) is 29.2 Å². The Kier molecular flexibility index (Phi) is 5.74. The number of nitrogens with one attached hydrogen (secondary N) is 1. The van der Waals surface area contributed by atoms with E-state index in [1.54, 1.807) is 43.5 Å². The van der Waals surface area contributed by atoms with Gasteiger partial charge in [0.2, 0.25) is 0 Å². The highest BCUT2D eigenvalue weighted by Gasteiger charge is 2.11. The maximum atomic E-state index is 12.3. The zero-order valence-electron chi connectivity index (χ0n) is 13.2. The van der Waals surface area contributed by atoms with E-state index >= 15 is 0 Å². The summed E-state index contributed by atoms with van der Waals surface area (Å²) in [7, 11) is 1.54. The van der Waals surface area contributed by atoms with Crippen LogP contribution in [0.15, 0.2) is 48.5 Å². The first kappa shape index (κ1) is 16.5. The molecule has 0 bridgehead atoms. The third-order valence-corrected chi connectivity index (χ3v) is 3.18. The van der Waals surface area contributed by atoms with Crippen LogP contribution >= 0.6 is 0 Å². The van der Waals surface area contributed by atoms with Gasteiger partial charge in [-0.1, -0.05) is 19.1 Å². The molecule has 2 aromatic carbocycles. The monoisotopic (exact) mass is 313 g/mol. The molecular weight excluding hydrogens is 294 g/mol. The molecule has 0 heterocycles. The second kappa shape index (κ2) is 7.98.